The van der Waals surface area contributed by atoms with Gasteiger partial charge in [0.15, 0.2) is 0 Å². The number of sulfonamides is 1. The van der Waals surface area contributed by atoms with Gasteiger partial charge in [0, 0.05) is 6.04 Å². The van der Waals surface area contributed by atoms with Crippen LogP contribution >= 0.6 is 0 Å². The number of aryl methyl sites for hydroxylation is 2. The van der Waals surface area contributed by atoms with E-state index in [1.807, 2.05) is 0 Å². The Hall–Kier alpha value is -2.32. The van der Waals surface area contributed by atoms with Crippen molar-refractivity contribution >= 4 is 16.0 Å². The summed E-state index contributed by atoms with van der Waals surface area (Å²) in [4.78, 5) is 11.2. The van der Waals surface area contributed by atoms with E-state index < -0.39 is 16.0 Å². The Bertz CT molecular complexity index is 891. The molecule has 1 N–H and O–H groups in total. The smallest absolute Gasteiger partial charge is 0.338 e. The average molecular weight is 381 g/mol. The molecule has 0 radical (unpaired) electrons. The summed E-state index contributed by atoms with van der Waals surface area (Å²) in [5, 5.41) is 9.00. The molecule has 8 heteroatoms. The molecule has 0 saturated heterocycles. The number of methoxy groups -OCH3 is 1. The van der Waals surface area contributed by atoms with Gasteiger partial charge in [0.2, 0.25) is 10.0 Å². The normalized spacial score (nSPS) is 12.0. The zero-order valence-corrected chi connectivity index (χ0v) is 16.3. The van der Waals surface area contributed by atoms with E-state index in [2.05, 4.69) is 0 Å². The van der Waals surface area contributed by atoms with Crippen LogP contribution < -0.4 is 4.74 Å². The van der Waals surface area contributed by atoms with Crippen molar-refractivity contribution in [3.63, 3.8) is 0 Å². The molecule has 0 aliphatic heterocycles. The standard InChI is InChI=1S/C18H23NO6S/c1-11(2)19(9-16-8-14(10-25-16)18(20)21)26(22,23)17-12(3)6-15(24-5)7-13(17)4/h6-8,10-11H,9H2,1-5H3,(H,20,21). The molecule has 142 valence electrons. The average Bonchev–Trinajstić information content (AvgIpc) is 3.00. The Kier molecular flexibility index (Phi) is 5.77. The predicted molar refractivity (Wildman–Crippen MR) is 96.0 cm³/mol. The van der Waals surface area contributed by atoms with Gasteiger partial charge in [0.1, 0.15) is 17.8 Å². The van der Waals surface area contributed by atoms with E-state index >= 15 is 0 Å². The van der Waals surface area contributed by atoms with Gasteiger partial charge in [-0.25, -0.2) is 13.2 Å². The third-order valence-corrected chi connectivity index (χ3v) is 6.35. The van der Waals surface area contributed by atoms with E-state index in [1.165, 1.54) is 17.5 Å². The minimum atomic E-state index is -3.83. The summed E-state index contributed by atoms with van der Waals surface area (Å²) in [5.74, 6) is -0.267. The number of carboxylic acid groups (broad SMARTS) is 1. The van der Waals surface area contributed by atoms with Crippen LogP contribution in [0.2, 0.25) is 0 Å². The molecule has 2 aromatic rings. The Morgan fingerprint density at radius 3 is 2.23 bits per heavy atom. The highest BCUT2D eigenvalue weighted by Gasteiger charge is 2.31. The van der Waals surface area contributed by atoms with E-state index in [-0.39, 0.29) is 28.8 Å². The van der Waals surface area contributed by atoms with Gasteiger partial charge in [-0.1, -0.05) is 0 Å². The van der Waals surface area contributed by atoms with Crippen LogP contribution in [-0.2, 0) is 16.6 Å². The monoisotopic (exact) mass is 381 g/mol. The third-order valence-electron chi connectivity index (χ3n) is 4.02. The van der Waals surface area contributed by atoms with Gasteiger partial charge >= 0.3 is 5.97 Å². The van der Waals surface area contributed by atoms with Crippen LogP contribution in [0.15, 0.2) is 33.8 Å². The second kappa shape index (κ2) is 7.51. The Morgan fingerprint density at radius 2 is 1.81 bits per heavy atom. The van der Waals surface area contributed by atoms with Crippen molar-refractivity contribution in [2.45, 2.75) is 45.2 Å². The van der Waals surface area contributed by atoms with Crippen molar-refractivity contribution in [1.82, 2.24) is 4.31 Å². The molecule has 1 aromatic heterocycles. The maximum Gasteiger partial charge on any atom is 0.338 e. The molecule has 0 fully saturated rings. The van der Waals surface area contributed by atoms with Gasteiger partial charge in [-0.05, 0) is 57.0 Å². The summed E-state index contributed by atoms with van der Waals surface area (Å²) >= 11 is 0. The first-order valence-electron chi connectivity index (χ1n) is 8.05. The number of hydrogen-bond acceptors (Lipinski definition) is 5. The van der Waals surface area contributed by atoms with Gasteiger partial charge in [0.25, 0.3) is 0 Å². The number of hydrogen-bond donors (Lipinski definition) is 1. The molecule has 0 aliphatic carbocycles. The Morgan fingerprint density at radius 1 is 1.23 bits per heavy atom. The van der Waals surface area contributed by atoms with E-state index in [0.717, 1.165) is 6.26 Å². The van der Waals surface area contributed by atoms with Crippen molar-refractivity contribution in [3.05, 3.63) is 46.9 Å². The molecule has 0 spiro atoms. The lowest BCUT2D eigenvalue weighted by Gasteiger charge is -2.27. The molecular weight excluding hydrogens is 358 g/mol. The molecule has 0 unspecified atom stereocenters. The molecule has 0 amide bonds. The highest BCUT2D eigenvalue weighted by atomic mass is 32.2. The fourth-order valence-electron chi connectivity index (χ4n) is 2.83. The lowest BCUT2D eigenvalue weighted by Crippen LogP contribution is -2.37. The molecule has 2 rings (SSSR count). The van der Waals surface area contributed by atoms with E-state index in [1.54, 1.807) is 39.8 Å². The fraction of sp³-hybridized carbons (Fsp3) is 0.389. The van der Waals surface area contributed by atoms with Crippen molar-refractivity contribution in [1.29, 1.82) is 0 Å². The zero-order chi connectivity index (χ0) is 19.6. The highest BCUT2D eigenvalue weighted by Crippen LogP contribution is 2.30. The first-order chi connectivity index (χ1) is 12.1. The van der Waals surface area contributed by atoms with Gasteiger partial charge in [0.05, 0.1) is 24.1 Å². The van der Waals surface area contributed by atoms with Crippen LogP contribution in [0.1, 0.15) is 41.1 Å². The number of rotatable bonds is 7. The van der Waals surface area contributed by atoms with Crippen molar-refractivity contribution < 1.29 is 27.5 Å². The topological polar surface area (TPSA) is 97.1 Å². The SMILES string of the molecule is COc1cc(C)c(S(=O)(=O)N(Cc2cc(C(=O)O)co2)C(C)C)c(C)c1. The maximum absolute atomic E-state index is 13.3. The number of aromatic carboxylic acids is 1. The number of carboxylic acids is 1. The fourth-order valence-corrected chi connectivity index (χ4v) is 4.85. The minimum Gasteiger partial charge on any atom is -0.497 e. The van der Waals surface area contributed by atoms with Crippen LogP contribution in [0.3, 0.4) is 0 Å². The molecule has 0 aliphatic rings. The van der Waals surface area contributed by atoms with Crippen LogP contribution in [-0.4, -0.2) is 37.0 Å². The molecule has 0 bridgehead atoms. The molecule has 1 heterocycles. The van der Waals surface area contributed by atoms with Crippen molar-refractivity contribution in [2.75, 3.05) is 7.11 Å². The molecule has 0 atom stereocenters. The number of ether oxygens (including phenoxy) is 1. The number of furan rings is 1. The molecule has 7 nitrogen and oxygen atoms in total. The lowest BCUT2D eigenvalue weighted by atomic mass is 10.1. The first-order valence-corrected chi connectivity index (χ1v) is 9.49. The maximum atomic E-state index is 13.3. The van der Waals surface area contributed by atoms with E-state index in [0.29, 0.717) is 16.9 Å². The van der Waals surface area contributed by atoms with Gasteiger partial charge < -0.3 is 14.3 Å². The van der Waals surface area contributed by atoms with Gasteiger partial charge in [-0.15, -0.1) is 0 Å². The molecule has 26 heavy (non-hydrogen) atoms. The first kappa shape index (κ1) is 20.0. The highest BCUT2D eigenvalue weighted by molar-refractivity contribution is 7.89. The molecule has 0 saturated carbocycles. The van der Waals surface area contributed by atoms with Crippen LogP contribution in [0.25, 0.3) is 0 Å². The Labute approximate surface area is 153 Å². The van der Waals surface area contributed by atoms with E-state index in [4.69, 9.17) is 14.3 Å². The zero-order valence-electron chi connectivity index (χ0n) is 15.4. The lowest BCUT2D eigenvalue weighted by molar-refractivity contribution is 0.0696. The largest absolute Gasteiger partial charge is 0.497 e. The number of nitrogens with zero attached hydrogens (tertiary/aromatic N) is 1. The Balaban J connectivity index is 2.47. The summed E-state index contributed by atoms with van der Waals surface area (Å²) in [6, 6.07) is 4.34. The van der Waals surface area contributed by atoms with Crippen LogP contribution in [0.4, 0.5) is 0 Å². The van der Waals surface area contributed by atoms with Gasteiger partial charge in [-0.2, -0.15) is 4.31 Å². The summed E-state index contributed by atoms with van der Waals surface area (Å²) in [6.45, 7) is 6.89. The molecular formula is C18H23NO6S. The van der Waals surface area contributed by atoms with Gasteiger partial charge in [-0.3, -0.25) is 0 Å². The van der Waals surface area contributed by atoms with Crippen molar-refractivity contribution in [2.24, 2.45) is 0 Å². The molecule has 1 aromatic carbocycles. The minimum absolute atomic E-state index is 0.0158. The summed E-state index contributed by atoms with van der Waals surface area (Å²) in [5.41, 5.74) is 1.15. The predicted octanol–water partition coefficient (Wildman–Crippen LogP) is 3.20. The van der Waals surface area contributed by atoms with Crippen molar-refractivity contribution in [3.8, 4) is 5.75 Å². The van der Waals surface area contributed by atoms with Crippen LogP contribution in [0.5, 0.6) is 5.75 Å². The second-order valence-electron chi connectivity index (χ2n) is 6.34. The third kappa shape index (κ3) is 3.91. The van der Waals surface area contributed by atoms with E-state index in [9.17, 15) is 13.2 Å². The quantitative estimate of drug-likeness (QED) is 0.791. The number of benzene rings is 1. The summed E-state index contributed by atoms with van der Waals surface area (Å²) in [7, 11) is -2.30. The second-order valence-corrected chi connectivity index (χ2v) is 8.17. The van der Waals surface area contributed by atoms with Crippen LogP contribution in [0, 0.1) is 13.8 Å². The summed E-state index contributed by atoms with van der Waals surface area (Å²) in [6.07, 6.45) is 1.10. The summed E-state index contributed by atoms with van der Waals surface area (Å²) < 4.78 is 38.3. The number of carbonyl (C=O) groups is 1.